The highest BCUT2D eigenvalue weighted by Crippen LogP contribution is 2.38. The molecule has 0 aromatic heterocycles. The molecule has 0 spiro atoms. The van der Waals surface area contributed by atoms with E-state index in [2.05, 4.69) is 0 Å². The Morgan fingerprint density at radius 3 is 2.47 bits per heavy atom. The number of benzene rings is 1. The van der Waals surface area contributed by atoms with E-state index >= 15 is 0 Å². The van der Waals surface area contributed by atoms with Crippen LogP contribution in [0.1, 0.15) is 18.4 Å². The van der Waals surface area contributed by atoms with Gasteiger partial charge in [-0.25, -0.2) is 8.42 Å². The molecule has 1 saturated carbocycles. The van der Waals surface area contributed by atoms with Crippen LogP contribution in [0.25, 0.3) is 0 Å². The Kier molecular flexibility index (Phi) is 2.98. The number of carbonyl (C=O) groups is 1. The number of sulfonamides is 1. The molecular weight excluding hydrogens is 262 g/mol. The lowest BCUT2D eigenvalue weighted by atomic mass is 9.69. The van der Waals surface area contributed by atoms with Crippen LogP contribution in [0.3, 0.4) is 0 Å². The van der Waals surface area contributed by atoms with E-state index in [0.717, 1.165) is 5.56 Å². The molecule has 0 N–H and O–H groups in total. The van der Waals surface area contributed by atoms with Crippen molar-refractivity contribution in [3.63, 3.8) is 0 Å². The van der Waals surface area contributed by atoms with Gasteiger partial charge in [-0.2, -0.15) is 4.31 Å². The highest BCUT2D eigenvalue weighted by atomic mass is 32.2. The number of nitrogens with zero attached hydrogens (tertiary/aromatic N) is 1. The van der Waals surface area contributed by atoms with Gasteiger partial charge in [0.05, 0.1) is 4.90 Å². The SMILES string of the molecule is Cc1ccc(S(=O)(=O)N2CC[C@@H]3C(=O)C[C@@H]3C2)cc1. The quantitative estimate of drug-likeness (QED) is 0.826. The summed E-state index contributed by atoms with van der Waals surface area (Å²) < 4.78 is 26.5. The minimum Gasteiger partial charge on any atom is -0.299 e. The molecule has 0 bridgehead atoms. The fourth-order valence-electron chi connectivity index (χ4n) is 2.96. The van der Waals surface area contributed by atoms with Crippen molar-refractivity contribution in [2.75, 3.05) is 13.1 Å². The third-order valence-corrected chi connectivity index (χ3v) is 6.11. The predicted octanol–water partition coefficient (Wildman–Crippen LogP) is 1.59. The summed E-state index contributed by atoms with van der Waals surface area (Å²) in [5.74, 6) is 0.656. The molecule has 1 aliphatic carbocycles. The zero-order valence-corrected chi connectivity index (χ0v) is 11.7. The third kappa shape index (κ3) is 2.11. The second kappa shape index (κ2) is 4.42. The fraction of sp³-hybridized carbons (Fsp3) is 0.500. The maximum Gasteiger partial charge on any atom is 0.243 e. The lowest BCUT2D eigenvalue weighted by molar-refractivity contribution is -0.136. The van der Waals surface area contributed by atoms with Crippen LogP contribution in [-0.2, 0) is 14.8 Å². The smallest absolute Gasteiger partial charge is 0.243 e. The number of aryl methyl sites for hydroxylation is 1. The van der Waals surface area contributed by atoms with Crippen LogP contribution in [0.4, 0.5) is 0 Å². The number of hydrogen-bond donors (Lipinski definition) is 0. The van der Waals surface area contributed by atoms with Crippen LogP contribution < -0.4 is 0 Å². The normalized spacial score (nSPS) is 27.7. The van der Waals surface area contributed by atoms with Crippen molar-refractivity contribution in [1.29, 1.82) is 0 Å². The van der Waals surface area contributed by atoms with Gasteiger partial charge in [-0.1, -0.05) is 17.7 Å². The molecule has 1 heterocycles. The number of fused-ring (bicyclic) bond motifs is 1. The maximum absolute atomic E-state index is 12.5. The van der Waals surface area contributed by atoms with Gasteiger partial charge in [-0.05, 0) is 31.4 Å². The summed E-state index contributed by atoms with van der Waals surface area (Å²) in [7, 11) is -3.40. The van der Waals surface area contributed by atoms with Gasteiger partial charge in [0.2, 0.25) is 10.0 Å². The molecule has 2 aliphatic rings. The maximum atomic E-state index is 12.5. The monoisotopic (exact) mass is 279 g/mol. The zero-order valence-electron chi connectivity index (χ0n) is 10.9. The molecule has 1 aromatic rings. The van der Waals surface area contributed by atoms with Crippen molar-refractivity contribution < 1.29 is 13.2 Å². The summed E-state index contributed by atoms with van der Waals surface area (Å²) in [5.41, 5.74) is 1.04. The van der Waals surface area contributed by atoms with Gasteiger partial charge in [-0.15, -0.1) is 0 Å². The van der Waals surface area contributed by atoms with Crippen LogP contribution in [0, 0.1) is 18.8 Å². The Labute approximate surface area is 113 Å². The van der Waals surface area contributed by atoms with Crippen LogP contribution in [-0.4, -0.2) is 31.6 Å². The van der Waals surface area contributed by atoms with Crippen LogP contribution >= 0.6 is 0 Å². The van der Waals surface area contributed by atoms with Gasteiger partial charge in [-0.3, -0.25) is 4.79 Å². The van der Waals surface area contributed by atoms with E-state index in [0.29, 0.717) is 36.6 Å². The highest BCUT2D eigenvalue weighted by Gasteiger charge is 2.45. The van der Waals surface area contributed by atoms with Crippen molar-refractivity contribution in [3.05, 3.63) is 29.8 Å². The summed E-state index contributed by atoms with van der Waals surface area (Å²) in [4.78, 5) is 11.7. The van der Waals surface area contributed by atoms with Crippen LogP contribution in [0.15, 0.2) is 29.2 Å². The molecule has 3 rings (SSSR count). The molecule has 19 heavy (non-hydrogen) atoms. The first-order chi connectivity index (χ1) is 8.98. The molecule has 102 valence electrons. The van der Waals surface area contributed by atoms with Crippen molar-refractivity contribution in [1.82, 2.24) is 4.31 Å². The minimum atomic E-state index is -3.40. The molecule has 1 aromatic carbocycles. The van der Waals surface area contributed by atoms with Crippen molar-refractivity contribution in [3.8, 4) is 0 Å². The Balaban J connectivity index is 1.81. The second-order valence-electron chi connectivity index (χ2n) is 5.50. The Morgan fingerprint density at radius 2 is 1.89 bits per heavy atom. The van der Waals surface area contributed by atoms with E-state index in [-0.39, 0.29) is 11.8 Å². The summed E-state index contributed by atoms with van der Waals surface area (Å²) in [6, 6.07) is 6.93. The molecular formula is C14H17NO3S. The number of Topliss-reactive ketones (excluding diaryl/α,β-unsaturated/α-hetero) is 1. The minimum absolute atomic E-state index is 0.115. The number of hydrogen-bond acceptors (Lipinski definition) is 3. The average Bonchev–Trinajstić information content (AvgIpc) is 2.37. The standard InChI is InChI=1S/C14H17NO3S/c1-10-2-4-12(5-3-10)19(17,18)15-7-6-13-11(9-15)8-14(13)16/h2-5,11,13H,6-9H2,1H3/t11-,13+/m1/s1. The van der Waals surface area contributed by atoms with E-state index < -0.39 is 10.0 Å². The molecule has 1 aliphatic heterocycles. The van der Waals surface area contributed by atoms with Crippen molar-refractivity contribution >= 4 is 15.8 Å². The van der Waals surface area contributed by atoms with E-state index in [1.54, 1.807) is 12.1 Å². The first-order valence-electron chi connectivity index (χ1n) is 6.58. The van der Waals surface area contributed by atoms with Crippen molar-refractivity contribution in [2.45, 2.75) is 24.7 Å². The van der Waals surface area contributed by atoms with Crippen LogP contribution in [0.2, 0.25) is 0 Å². The summed E-state index contributed by atoms with van der Waals surface area (Å²) >= 11 is 0. The average molecular weight is 279 g/mol. The Morgan fingerprint density at radius 1 is 1.21 bits per heavy atom. The number of piperidine rings is 1. The number of rotatable bonds is 2. The largest absolute Gasteiger partial charge is 0.299 e. The van der Waals surface area contributed by atoms with Crippen LogP contribution in [0.5, 0.6) is 0 Å². The lowest BCUT2D eigenvalue weighted by Gasteiger charge is -2.43. The van der Waals surface area contributed by atoms with E-state index in [9.17, 15) is 13.2 Å². The van der Waals surface area contributed by atoms with Gasteiger partial charge < -0.3 is 0 Å². The van der Waals surface area contributed by atoms with Gasteiger partial charge in [0.1, 0.15) is 5.78 Å². The Hall–Kier alpha value is -1.20. The third-order valence-electron chi connectivity index (χ3n) is 4.23. The predicted molar refractivity (Wildman–Crippen MR) is 71.2 cm³/mol. The molecule has 0 radical (unpaired) electrons. The Bertz CT molecular complexity index is 606. The summed E-state index contributed by atoms with van der Waals surface area (Å²) in [5, 5.41) is 0. The number of carbonyl (C=O) groups excluding carboxylic acids is 1. The second-order valence-corrected chi connectivity index (χ2v) is 7.44. The lowest BCUT2D eigenvalue weighted by Crippen LogP contribution is -2.52. The first kappa shape index (κ1) is 12.8. The van der Waals surface area contributed by atoms with E-state index in [1.165, 1.54) is 4.31 Å². The number of ketones is 1. The molecule has 0 amide bonds. The molecule has 1 saturated heterocycles. The van der Waals surface area contributed by atoms with Gasteiger partial charge in [0.25, 0.3) is 0 Å². The summed E-state index contributed by atoms with van der Waals surface area (Å²) in [6.45, 7) is 2.89. The van der Waals surface area contributed by atoms with E-state index in [4.69, 9.17) is 0 Å². The topological polar surface area (TPSA) is 54.5 Å². The molecule has 0 unspecified atom stereocenters. The molecule has 2 atom stereocenters. The highest BCUT2D eigenvalue weighted by molar-refractivity contribution is 7.89. The first-order valence-corrected chi connectivity index (χ1v) is 8.02. The molecule has 5 heteroatoms. The summed E-state index contributed by atoms with van der Waals surface area (Å²) in [6.07, 6.45) is 1.22. The zero-order chi connectivity index (χ0) is 13.6. The van der Waals surface area contributed by atoms with Gasteiger partial charge in [0, 0.05) is 25.4 Å². The van der Waals surface area contributed by atoms with E-state index in [1.807, 2.05) is 19.1 Å². The van der Waals surface area contributed by atoms with Gasteiger partial charge in [0.15, 0.2) is 0 Å². The van der Waals surface area contributed by atoms with Gasteiger partial charge >= 0.3 is 0 Å². The molecule has 2 fully saturated rings. The van der Waals surface area contributed by atoms with Crippen molar-refractivity contribution in [2.24, 2.45) is 11.8 Å². The fourth-order valence-corrected chi connectivity index (χ4v) is 4.47. The molecule has 4 nitrogen and oxygen atoms in total.